The molecule has 0 spiro atoms. The number of aryl methyl sites for hydroxylation is 1. The summed E-state index contributed by atoms with van der Waals surface area (Å²) in [5.74, 6) is 0.281. The van der Waals surface area contributed by atoms with Crippen LogP contribution < -0.4 is 20.5 Å². The first-order valence-electron chi connectivity index (χ1n) is 15.0. The topological polar surface area (TPSA) is 164 Å². The van der Waals surface area contributed by atoms with Crippen molar-refractivity contribution in [3.8, 4) is 11.5 Å². The molecule has 3 aliphatic rings. The molecule has 2 aromatic heterocycles. The van der Waals surface area contributed by atoms with Crippen molar-refractivity contribution in [2.75, 3.05) is 13.7 Å². The average molecular weight is 670 g/mol. The third-order valence-corrected chi connectivity index (χ3v) is 9.81. The van der Waals surface area contributed by atoms with Crippen molar-refractivity contribution in [1.82, 2.24) is 30.0 Å². The number of likely N-dealkylation sites (tertiary alicyclic amines) is 1. The first kappa shape index (κ1) is 31.9. The van der Waals surface area contributed by atoms with Crippen LogP contribution in [0, 0.1) is 11.3 Å². The van der Waals surface area contributed by atoms with Gasteiger partial charge in [-0.15, -0.1) is 10.2 Å². The van der Waals surface area contributed by atoms with Crippen LogP contribution in [0.25, 0.3) is 10.9 Å². The molecule has 3 N–H and O–H groups in total. The number of primary amides is 1. The van der Waals surface area contributed by atoms with Crippen molar-refractivity contribution in [2.24, 2.45) is 24.1 Å². The Bertz CT molecular complexity index is 1740. The van der Waals surface area contributed by atoms with Crippen LogP contribution in [-0.4, -0.2) is 80.5 Å². The maximum absolute atomic E-state index is 14.0. The van der Waals surface area contributed by atoms with E-state index in [0.29, 0.717) is 43.5 Å². The van der Waals surface area contributed by atoms with E-state index in [9.17, 15) is 14.4 Å². The molecule has 46 heavy (non-hydrogen) atoms. The van der Waals surface area contributed by atoms with Crippen LogP contribution in [-0.2, 0) is 21.4 Å². The monoisotopic (exact) mass is 669 g/mol. The van der Waals surface area contributed by atoms with Crippen LogP contribution in [0.2, 0.25) is 5.02 Å². The maximum atomic E-state index is 14.0. The quantitative estimate of drug-likeness (QED) is 0.320. The minimum Gasteiger partial charge on any atom is -0.495 e. The fourth-order valence-corrected chi connectivity index (χ4v) is 7.02. The molecule has 3 aromatic rings. The number of nitrogens with two attached hydrogens (primary N) is 1. The number of hydrogen-bond donors (Lipinski definition) is 2. The Morgan fingerprint density at radius 1 is 1.20 bits per heavy atom. The van der Waals surface area contributed by atoms with E-state index in [1.54, 1.807) is 29.1 Å². The number of hydrogen-bond acceptors (Lipinski definition) is 10. The van der Waals surface area contributed by atoms with Crippen LogP contribution in [0.5, 0.6) is 11.5 Å². The molecular weight excluding hydrogens is 634 g/mol. The first-order chi connectivity index (χ1) is 21.8. The Labute approximate surface area is 275 Å². The van der Waals surface area contributed by atoms with Gasteiger partial charge in [0.05, 0.1) is 19.2 Å². The number of benzene rings is 1. The third-order valence-electron chi connectivity index (χ3n) is 8.47. The normalized spacial score (nSPS) is 22.7. The van der Waals surface area contributed by atoms with Crippen molar-refractivity contribution >= 4 is 52.2 Å². The molecule has 3 amide bonds. The lowest BCUT2D eigenvalue weighted by molar-refractivity contribution is -0.141. The second kappa shape index (κ2) is 12.3. The van der Waals surface area contributed by atoms with E-state index < -0.39 is 41.5 Å². The molecule has 15 heteroatoms. The van der Waals surface area contributed by atoms with Gasteiger partial charge in [-0.3, -0.25) is 9.59 Å². The van der Waals surface area contributed by atoms with Crippen molar-refractivity contribution in [3.63, 3.8) is 0 Å². The van der Waals surface area contributed by atoms with Crippen LogP contribution in [0.3, 0.4) is 0 Å². The number of alkyl carbamates (subject to hydrolysis) is 1. The van der Waals surface area contributed by atoms with Crippen LogP contribution in [0.1, 0.15) is 40.0 Å². The van der Waals surface area contributed by atoms with E-state index in [2.05, 4.69) is 15.5 Å². The van der Waals surface area contributed by atoms with Crippen molar-refractivity contribution in [1.29, 1.82) is 0 Å². The summed E-state index contributed by atoms with van der Waals surface area (Å²) in [6, 6.07) is 3.33. The fraction of sp³-hybridized carbons (Fsp3) is 0.484. The number of nitrogens with one attached hydrogen (secondary N) is 1. The van der Waals surface area contributed by atoms with Gasteiger partial charge in [0.1, 0.15) is 52.2 Å². The molecule has 0 bridgehead atoms. The zero-order chi connectivity index (χ0) is 32.9. The van der Waals surface area contributed by atoms with E-state index in [1.165, 1.54) is 29.3 Å². The minimum absolute atomic E-state index is 0.0611. The summed E-state index contributed by atoms with van der Waals surface area (Å²) in [6.07, 6.45) is 3.96. The second-order valence-corrected chi connectivity index (χ2v) is 14.3. The Kier molecular flexibility index (Phi) is 8.53. The summed E-state index contributed by atoms with van der Waals surface area (Å²) in [4.78, 5) is 45.7. The summed E-state index contributed by atoms with van der Waals surface area (Å²) in [6.45, 7) is 5.57. The Balaban J connectivity index is 1.25. The molecule has 244 valence electrons. The molecule has 1 unspecified atom stereocenters. The van der Waals surface area contributed by atoms with Gasteiger partial charge >= 0.3 is 6.09 Å². The standard InChI is InChI=1S/C31H36ClN7O6S/c1-31(2,3)26(36-30(42)45-17-9-15-8-16(15)10-17)28(41)39-13-18(11-20(39)27(33)40)44-22-12-23(46-29-37-34-14-38(29)4)35-25-19(22)6-7-21(43-5)24(25)32/h6-7,9,12,14,16-18,20,26H,8,10-11,13H2,1-5H3,(H2,33,40)(H,36,42)/t16-,17-,18?,20+,26-/m1/s1. The van der Waals surface area contributed by atoms with Gasteiger partial charge in [-0.25, -0.2) is 9.78 Å². The molecule has 6 rings (SSSR count). The van der Waals surface area contributed by atoms with Crippen LogP contribution >= 0.6 is 23.4 Å². The van der Waals surface area contributed by atoms with Crippen molar-refractivity contribution < 1.29 is 28.6 Å². The molecule has 2 aliphatic carbocycles. The zero-order valence-electron chi connectivity index (χ0n) is 26.2. The minimum atomic E-state index is -0.980. The van der Waals surface area contributed by atoms with Crippen LogP contribution in [0.4, 0.5) is 4.79 Å². The molecule has 1 aliphatic heterocycles. The van der Waals surface area contributed by atoms with E-state index in [4.69, 9.17) is 36.5 Å². The highest BCUT2D eigenvalue weighted by atomic mass is 35.5. The number of carbonyl (C=O) groups excluding carboxylic acids is 3. The molecule has 1 aromatic carbocycles. The molecule has 0 radical (unpaired) electrons. The predicted molar refractivity (Wildman–Crippen MR) is 170 cm³/mol. The summed E-state index contributed by atoms with van der Waals surface area (Å²) in [5, 5.41) is 12.9. The predicted octanol–water partition coefficient (Wildman–Crippen LogP) is 3.87. The van der Waals surface area contributed by atoms with Gasteiger partial charge < -0.3 is 34.7 Å². The maximum Gasteiger partial charge on any atom is 0.408 e. The lowest BCUT2D eigenvalue weighted by Crippen LogP contribution is -2.57. The van der Waals surface area contributed by atoms with E-state index in [1.807, 2.05) is 33.9 Å². The number of allylic oxidation sites excluding steroid dienone is 1. The Hall–Kier alpha value is -4.04. The van der Waals surface area contributed by atoms with Crippen molar-refractivity contribution in [2.45, 2.75) is 74.5 Å². The first-order valence-corrected chi connectivity index (χ1v) is 16.1. The fourth-order valence-electron chi connectivity index (χ4n) is 5.97. The second-order valence-electron chi connectivity index (χ2n) is 12.9. The number of methoxy groups -OCH3 is 1. The number of ether oxygens (including phenoxy) is 3. The summed E-state index contributed by atoms with van der Waals surface area (Å²) in [5.41, 5.74) is 6.88. The highest BCUT2D eigenvalue weighted by molar-refractivity contribution is 7.99. The molecular formula is C31H36ClN7O6S. The van der Waals surface area contributed by atoms with Gasteiger partial charge in [-0.2, -0.15) is 0 Å². The Morgan fingerprint density at radius 3 is 2.61 bits per heavy atom. The number of fused-ring (bicyclic) bond motifs is 2. The SMILES string of the molecule is COc1ccc2c(OC3C[C@@H](C(N)=O)N(C(=O)[C@@H](NC(=O)O[C@@H]4C=C5C[C@@H]5C4)C(C)(C)C)C3)cc(Sc3nncn3C)nc2c1Cl. The van der Waals surface area contributed by atoms with Gasteiger partial charge in [-0.1, -0.05) is 37.9 Å². The largest absolute Gasteiger partial charge is 0.495 e. The molecule has 1 saturated heterocycles. The summed E-state index contributed by atoms with van der Waals surface area (Å²) < 4.78 is 19.3. The number of pyridine rings is 1. The summed E-state index contributed by atoms with van der Waals surface area (Å²) >= 11 is 7.95. The third kappa shape index (κ3) is 6.45. The Morgan fingerprint density at radius 2 is 1.98 bits per heavy atom. The molecule has 1 saturated carbocycles. The number of nitrogens with zero attached hydrogens (tertiary/aromatic N) is 5. The smallest absolute Gasteiger partial charge is 0.408 e. The number of halogens is 1. The highest BCUT2D eigenvalue weighted by Gasteiger charge is 2.46. The highest BCUT2D eigenvalue weighted by Crippen LogP contribution is 2.47. The molecule has 13 nitrogen and oxygen atoms in total. The lowest BCUT2D eigenvalue weighted by atomic mass is 9.85. The van der Waals surface area contributed by atoms with Crippen LogP contribution in [0.15, 0.2) is 46.4 Å². The summed E-state index contributed by atoms with van der Waals surface area (Å²) in [7, 11) is 3.34. The average Bonchev–Trinajstić information content (AvgIpc) is 3.28. The lowest BCUT2D eigenvalue weighted by Gasteiger charge is -2.34. The number of carbonyl (C=O) groups is 3. The van der Waals surface area contributed by atoms with Gasteiger partial charge in [0.15, 0.2) is 5.16 Å². The number of rotatable bonds is 9. The zero-order valence-corrected chi connectivity index (χ0v) is 27.7. The van der Waals surface area contributed by atoms with E-state index >= 15 is 0 Å². The number of aromatic nitrogens is 4. The van der Waals surface area contributed by atoms with Gasteiger partial charge in [0.25, 0.3) is 0 Å². The molecule has 5 atom stereocenters. The molecule has 3 heterocycles. The van der Waals surface area contributed by atoms with Crippen molar-refractivity contribution in [3.05, 3.63) is 41.2 Å². The van der Waals surface area contributed by atoms with E-state index in [-0.39, 0.29) is 19.1 Å². The van der Waals surface area contributed by atoms with E-state index in [0.717, 1.165) is 12.8 Å². The number of amides is 3. The molecule has 2 fully saturated rings. The van der Waals surface area contributed by atoms with Gasteiger partial charge in [0, 0.05) is 24.9 Å². The van der Waals surface area contributed by atoms with Gasteiger partial charge in [-0.05, 0) is 54.1 Å². The van der Waals surface area contributed by atoms with Gasteiger partial charge in [0.2, 0.25) is 11.8 Å².